The maximum atomic E-state index is 13.1. The molecule has 3 heteroatoms. The number of aryl methyl sites for hydroxylation is 1. The maximum Gasteiger partial charge on any atom is 0.311 e. The third kappa shape index (κ3) is 3.41. The van der Waals surface area contributed by atoms with Crippen LogP contribution in [0.25, 0.3) is 0 Å². The Morgan fingerprint density at radius 1 is 1.21 bits per heavy atom. The van der Waals surface area contributed by atoms with Gasteiger partial charge in [-0.15, -0.1) is 0 Å². The van der Waals surface area contributed by atoms with Crippen LogP contribution in [0.5, 0.6) is 0 Å². The van der Waals surface area contributed by atoms with Crippen molar-refractivity contribution in [3.63, 3.8) is 0 Å². The van der Waals surface area contributed by atoms with E-state index in [0.717, 1.165) is 11.1 Å². The summed E-state index contributed by atoms with van der Waals surface area (Å²) in [7, 11) is 0. The van der Waals surface area contributed by atoms with Gasteiger partial charge in [0, 0.05) is 0 Å². The van der Waals surface area contributed by atoms with Gasteiger partial charge in [0.2, 0.25) is 0 Å². The predicted octanol–water partition coefficient (Wildman–Crippen LogP) is 3.55. The lowest BCUT2D eigenvalue weighted by Crippen LogP contribution is -2.14. The van der Waals surface area contributed by atoms with Crippen LogP contribution in [0.3, 0.4) is 0 Å². The molecule has 19 heavy (non-hydrogen) atoms. The first-order chi connectivity index (χ1) is 9.06. The van der Waals surface area contributed by atoms with E-state index in [-0.39, 0.29) is 12.2 Å². The largest absolute Gasteiger partial charge is 0.481 e. The van der Waals surface area contributed by atoms with Gasteiger partial charge in [0.05, 0.1) is 5.92 Å². The minimum Gasteiger partial charge on any atom is -0.481 e. The van der Waals surface area contributed by atoms with E-state index in [1.54, 1.807) is 18.2 Å². The summed E-state index contributed by atoms with van der Waals surface area (Å²) in [6.45, 7) is 1.92. The molecule has 0 saturated carbocycles. The van der Waals surface area contributed by atoms with E-state index < -0.39 is 11.9 Å². The molecule has 1 unspecified atom stereocenters. The zero-order valence-electron chi connectivity index (χ0n) is 10.6. The smallest absolute Gasteiger partial charge is 0.311 e. The molecule has 0 heterocycles. The highest BCUT2D eigenvalue weighted by Crippen LogP contribution is 2.22. The molecule has 0 radical (unpaired) electrons. The zero-order chi connectivity index (χ0) is 13.8. The summed E-state index contributed by atoms with van der Waals surface area (Å²) < 4.78 is 13.1. The molecule has 0 aliphatic rings. The van der Waals surface area contributed by atoms with Crippen molar-refractivity contribution in [1.29, 1.82) is 0 Å². The van der Waals surface area contributed by atoms with E-state index in [1.165, 1.54) is 12.1 Å². The first kappa shape index (κ1) is 13.3. The number of hydrogen-bond acceptors (Lipinski definition) is 1. The average Bonchev–Trinajstić information content (AvgIpc) is 2.35. The first-order valence-corrected chi connectivity index (χ1v) is 6.10. The molecular weight excluding hydrogens is 243 g/mol. The van der Waals surface area contributed by atoms with E-state index in [4.69, 9.17) is 0 Å². The molecule has 2 aromatic rings. The molecule has 2 aromatic carbocycles. The van der Waals surface area contributed by atoms with Gasteiger partial charge in [-0.25, -0.2) is 4.39 Å². The van der Waals surface area contributed by atoms with Crippen LogP contribution in [0.15, 0.2) is 48.5 Å². The lowest BCUT2D eigenvalue weighted by molar-refractivity contribution is -0.138. The Bertz CT molecular complexity index is 593. The van der Waals surface area contributed by atoms with Gasteiger partial charge in [-0.3, -0.25) is 4.79 Å². The quantitative estimate of drug-likeness (QED) is 0.910. The van der Waals surface area contributed by atoms with E-state index in [2.05, 4.69) is 0 Å². The van der Waals surface area contributed by atoms with Gasteiger partial charge in [-0.2, -0.15) is 0 Å². The van der Waals surface area contributed by atoms with E-state index >= 15 is 0 Å². The summed E-state index contributed by atoms with van der Waals surface area (Å²) in [6, 6.07) is 13.5. The third-order valence-corrected chi connectivity index (χ3v) is 3.07. The molecule has 2 nitrogen and oxygen atoms in total. The monoisotopic (exact) mass is 258 g/mol. The molecule has 0 spiro atoms. The van der Waals surface area contributed by atoms with E-state index in [1.807, 2.05) is 25.1 Å². The number of benzene rings is 2. The van der Waals surface area contributed by atoms with Crippen LogP contribution in [-0.4, -0.2) is 11.1 Å². The van der Waals surface area contributed by atoms with Gasteiger partial charge in [-0.05, 0) is 36.6 Å². The van der Waals surface area contributed by atoms with Crippen LogP contribution < -0.4 is 0 Å². The van der Waals surface area contributed by atoms with Crippen LogP contribution in [0.1, 0.15) is 22.6 Å². The van der Waals surface area contributed by atoms with Crippen LogP contribution in [0.2, 0.25) is 0 Å². The normalized spacial score (nSPS) is 12.1. The number of hydrogen-bond donors (Lipinski definition) is 1. The Balaban J connectivity index is 2.29. The van der Waals surface area contributed by atoms with Crippen molar-refractivity contribution < 1.29 is 14.3 Å². The van der Waals surface area contributed by atoms with Gasteiger partial charge in [0.1, 0.15) is 5.82 Å². The minimum absolute atomic E-state index is 0.288. The highest BCUT2D eigenvalue weighted by Gasteiger charge is 2.20. The fourth-order valence-electron chi connectivity index (χ4n) is 2.13. The maximum absolute atomic E-state index is 13.1. The molecule has 1 atom stereocenters. The second kappa shape index (κ2) is 5.65. The van der Waals surface area contributed by atoms with Gasteiger partial charge >= 0.3 is 5.97 Å². The van der Waals surface area contributed by atoms with Crippen molar-refractivity contribution in [1.82, 2.24) is 0 Å². The fraction of sp³-hybridized carbons (Fsp3) is 0.188. The van der Waals surface area contributed by atoms with Gasteiger partial charge in [0.15, 0.2) is 0 Å². The lowest BCUT2D eigenvalue weighted by atomic mass is 9.91. The van der Waals surface area contributed by atoms with E-state index in [9.17, 15) is 14.3 Å². The molecule has 0 fully saturated rings. The molecule has 98 valence electrons. The standard InChI is InChI=1S/C16H15FO2/c1-11-4-2-6-13(8-11)15(16(18)19)10-12-5-3-7-14(17)9-12/h2-9,15H,10H2,1H3,(H,18,19). The summed E-state index contributed by atoms with van der Waals surface area (Å²) in [4.78, 5) is 11.4. The lowest BCUT2D eigenvalue weighted by Gasteiger charge is -2.13. The second-order valence-electron chi connectivity index (χ2n) is 4.64. The SMILES string of the molecule is Cc1cccc(C(Cc2cccc(F)c2)C(=O)O)c1. The molecule has 0 aliphatic carbocycles. The van der Waals surface area contributed by atoms with Gasteiger partial charge in [0.25, 0.3) is 0 Å². The van der Waals surface area contributed by atoms with Crippen molar-refractivity contribution >= 4 is 5.97 Å². The number of carbonyl (C=O) groups is 1. The number of carboxylic acid groups (broad SMARTS) is 1. The van der Waals surface area contributed by atoms with Crippen molar-refractivity contribution in [3.8, 4) is 0 Å². The van der Waals surface area contributed by atoms with Gasteiger partial charge in [-0.1, -0.05) is 42.0 Å². The number of aliphatic carboxylic acids is 1. The summed E-state index contributed by atoms with van der Waals surface area (Å²) in [5.41, 5.74) is 2.45. The van der Waals surface area contributed by atoms with Crippen molar-refractivity contribution in [2.75, 3.05) is 0 Å². The second-order valence-corrected chi connectivity index (χ2v) is 4.64. The van der Waals surface area contributed by atoms with Crippen LogP contribution in [-0.2, 0) is 11.2 Å². The summed E-state index contributed by atoms with van der Waals surface area (Å²) in [5, 5.41) is 9.35. The summed E-state index contributed by atoms with van der Waals surface area (Å²) in [6.07, 6.45) is 0.288. The van der Waals surface area contributed by atoms with Crippen molar-refractivity contribution in [3.05, 3.63) is 71.0 Å². The van der Waals surface area contributed by atoms with Crippen molar-refractivity contribution in [2.45, 2.75) is 19.3 Å². The topological polar surface area (TPSA) is 37.3 Å². The summed E-state index contributed by atoms with van der Waals surface area (Å²) >= 11 is 0. The minimum atomic E-state index is -0.894. The molecule has 0 aliphatic heterocycles. The average molecular weight is 258 g/mol. The first-order valence-electron chi connectivity index (χ1n) is 6.10. The highest BCUT2D eigenvalue weighted by atomic mass is 19.1. The van der Waals surface area contributed by atoms with Crippen LogP contribution in [0, 0.1) is 12.7 Å². The van der Waals surface area contributed by atoms with Crippen LogP contribution >= 0.6 is 0 Å². The molecule has 0 saturated heterocycles. The fourth-order valence-corrected chi connectivity index (χ4v) is 2.13. The third-order valence-electron chi connectivity index (χ3n) is 3.07. The molecule has 1 N–H and O–H groups in total. The van der Waals surface area contributed by atoms with Gasteiger partial charge < -0.3 is 5.11 Å². The number of halogens is 1. The Morgan fingerprint density at radius 2 is 1.95 bits per heavy atom. The molecular formula is C16H15FO2. The van der Waals surface area contributed by atoms with E-state index in [0.29, 0.717) is 5.56 Å². The zero-order valence-corrected chi connectivity index (χ0v) is 10.6. The number of carboxylic acids is 1. The number of rotatable bonds is 4. The Morgan fingerprint density at radius 3 is 2.58 bits per heavy atom. The molecule has 0 amide bonds. The Labute approximate surface area is 111 Å². The Hall–Kier alpha value is -2.16. The van der Waals surface area contributed by atoms with Crippen molar-refractivity contribution in [2.24, 2.45) is 0 Å². The van der Waals surface area contributed by atoms with Crippen LogP contribution in [0.4, 0.5) is 4.39 Å². The highest BCUT2D eigenvalue weighted by molar-refractivity contribution is 5.76. The summed E-state index contributed by atoms with van der Waals surface area (Å²) in [5.74, 6) is -1.89. The molecule has 0 aromatic heterocycles. The molecule has 0 bridgehead atoms. The molecule has 2 rings (SSSR count). The Kier molecular flexibility index (Phi) is 3.95. The predicted molar refractivity (Wildman–Crippen MR) is 71.7 cm³/mol.